The van der Waals surface area contributed by atoms with Gasteiger partial charge < -0.3 is 15.4 Å². The highest BCUT2D eigenvalue weighted by Gasteiger charge is 2.16. The number of rotatable bonds is 7. The quantitative estimate of drug-likeness (QED) is 0.253. The second-order valence-electron chi connectivity index (χ2n) is 8.06. The number of thiocarbonyl (C=S) groups is 1. The van der Waals surface area contributed by atoms with E-state index in [-0.39, 0.29) is 12.4 Å². The molecule has 0 spiro atoms. The van der Waals surface area contributed by atoms with Crippen LogP contribution in [-0.4, -0.2) is 37.8 Å². The summed E-state index contributed by atoms with van der Waals surface area (Å²) in [6.07, 6.45) is 3.42. The summed E-state index contributed by atoms with van der Waals surface area (Å²) in [5.74, 6) is -0.780. The van der Waals surface area contributed by atoms with Crippen molar-refractivity contribution >= 4 is 46.3 Å². The van der Waals surface area contributed by atoms with E-state index in [1.807, 2.05) is 26.0 Å². The van der Waals surface area contributed by atoms with Gasteiger partial charge in [-0.3, -0.25) is 9.36 Å². The third kappa shape index (κ3) is 5.55. The summed E-state index contributed by atoms with van der Waals surface area (Å²) in [5, 5.41) is 15.8. The number of carbonyl (C=O) groups excluding carboxylic acids is 1. The van der Waals surface area contributed by atoms with Crippen LogP contribution in [0.15, 0.2) is 54.9 Å². The van der Waals surface area contributed by atoms with E-state index in [0.717, 1.165) is 16.9 Å². The van der Waals surface area contributed by atoms with E-state index in [0.29, 0.717) is 39.2 Å². The van der Waals surface area contributed by atoms with Gasteiger partial charge in [0.2, 0.25) is 0 Å². The van der Waals surface area contributed by atoms with Crippen LogP contribution in [-0.2, 0) is 17.8 Å². The number of aromatic nitrogens is 4. The number of methoxy groups -OCH3 is 1. The average Bonchev–Trinajstić information content (AvgIpc) is 3.40. The van der Waals surface area contributed by atoms with Crippen LogP contribution < -0.4 is 10.6 Å². The molecule has 4 aromatic rings. The first-order valence-corrected chi connectivity index (χ1v) is 11.8. The molecule has 2 heterocycles. The Kier molecular flexibility index (Phi) is 7.66. The van der Waals surface area contributed by atoms with Crippen molar-refractivity contribution in [3.63, 3.8) is 0 Å². The Labute approximate surface area is 218 Å². The van der Waals surface area contributed by atoms with Crippen molar-refractivity contribution < 1.29 is 13.9 Å². The topological polar surface area (TPSA) is 86.0 Å². The highest BCUT2D eigenvalue weighted by atomic mass is 35.5. The molecule has 0 aliphatic rings. The molecule has 2 aromatic carbocycles. The number of hydrogen-bond acceptors (Lipinski definition) is 5. The predicted molar refractivity (Wildman–Crippen MR) is 141 cm³/mol. The number of hydrogen-bond donors (Lipinski definition) is 2. The molecule has 2 aromatic heterocycles. The van der Waals surface area contributed by atoms with Crippen LogP contribution in [0, 0.1) is 19.7 Å². The van der Waals surface area contributed by atoms with Crippen LogP contribution in [0.2, 0.25) is 5.02 Å². The second-order valence-corrected chi connectivity index (χ2v) is 8.87. The normalized spacial score (nSPS) is 10.8. The molecule has 0 unspecified atom stereocenters. The molecule has 0 saturated heterocycles. The van der Waals surface area contributed by atoms with E-state index in [1.54, 1.807) is 46.0 Å². The van der Waals surface area contributed by atoms with E-state index < -0.39 is 5.97 Å². The monoisotopic (exact) mass is 526 g/mol. The van der Waals surface area contributed by atoms with E-state index >= 15 is 0 Å². The largest absolute Gasteiger partial charge is 0.465 e. The highest BCUT2D eigenvalue weighted by molar-refractivity contribution is 7.80. The summed E-state index contributed by atoms with van der Waals surface area (Å²) in [6, 6.07) is 11.8. The predicted octanol–water partition coefficient (Wildman–Crippen LogP) is 5.18. The Balaban J connectivity index is 1.43. The maximum absolute atomic E-state index is 14.2. The molecule has 0 aliphatic carbocycles. The minimum atomic E-state index is -0.398. The van der Waals surface area contributed by atoms with Crippen LogP contribution in [0.25, 0.3) is 0 Å². The van der Waals surface area contributed by atoms with Crippen molar-refractivity contribution in [3.05, 3.63) is 93.8 Å². The maximum atomic E-state index is 14.2. The summed E-state index contributed by atoms with van der Waals surface area (Å²) in [4.78, 5) is 12.0. The fourth-order valence-electron chi connectivity index (χ4n) is 3.80. The fourth-order valence-corrected chi connectivity index (χ4v) is 4.24. The first-order chi connectivity index (χ1) is 17.3. The van der Waals surface area contributed by atoms with Gasteiger partial charge in [0.15, 0.2) is 5.11 Å². The van der Waals surface area contributed by atoms with Gasteiger partial charge in [-0.15, -0.1) is 0 Å². The number of esters is 1. The molecule has 36 heavy (non-hydrogen) atoms. The van der Waals surface area contributed by atoms with Crippen molar-refractivity contribution in [2.45, 2.75) is 26.9 Å². The average molecular weight is 527 g/mol. The van der Waals surface area contributed by atoms with Crippen LogP contribution >= 0.6 is 23.8 Å². The second kappa shape index (κ2) is 10.9. The lowest BCUT2D eigenvalue weighted by Crippen LogP contribution is -2.19. The van der Waals surface area contributed by atoms with Gasteiger partial charge in [0, 0.05) is 16.8 Å². The molecule has 8 nitrogen and oxygen atoms in total. The van der Waals surface area contributed by atoms with Gasteiger partial charge in [-0.25, -0.2) is 9.18 Å². The minimum absolute atomic E-state index is 0.194. The molecule has 0 fully saturated rings. The summed E-state index contributed by atoms with van der Waals surface area (Å²) < 4.78 is 22.5. The maximum Gasteiger partial charge on any atom is 0.338 e. The van der Waals surface area contributed by atoms with Gasteiger partial charge in [-0.1, -0.05) is 35.9 Å². The van der Waals surface area contributed by atoms with Gasteiger partial charge in [0.25, 0.3) is 0 Å². The molecule has 2 N–H and O–H groups in total. The standard InChI is InChI=1S/C25H24ClFN6O2S/c1-15-23(16(2)33(31-15)14-20-21(26)9-6-10-22(20)27)30-25(36)29-18-11-28-32(13-18)12-17-7-4-5-8-19(17)24(34)35-3/h4-11,13H,12,14H2,1-3H3,(H2,29,30,36). The molecule has 0 radical (unpaired) electrons. The summed E-state index contributed by atoms with van der Waals surface area (Å²) in [5.41, 5.74) is 4.53. The van der Waals surface area contributed by atoms with E-state index in [4.69, 9.17) is 28.6 Å². The smallest absolute Gasteiger partial charge is 0.338 e. The molecule has 11 heteroatoms. The molecule has 0 bridgehead atoms. The van der Waals surface area contributed by atoms with Crippen LogP contribution in [0.5, 0.6) is 0 Å². The van der Waals surface area contributed by atoms with Crippen molar-refractivity contribution in [1.82, 2.24) is 19.6 Å². The lowest BCUT2D eigenvalue weighted by atomic mass is 10.1. The van der Waals surface area contributed by atoms with E-state index in [9.17, 15) is 9.18 Å². The molecule has 0 amide bonds. The third-order valence-electron chi connectivity index (χ3n) is 5.64. The van der Waals surface area contributed by atoms with Gasteiger partial charge in [0.1, 0.15) is 5.82 Å². The first kappa shape index (κ1) is 25.3. The summed E-state index contributed by atoms with van der Waals surface area (Å²) in [7, 11) is 1.35. The Morgan fingerprint density at radius 1 is 1.14 bits per heavy atom. The van der Waals surface area contributed by atoms with Crippen molar-refractivity contribution in [2.75, 3.05) is 17.7 Å². The van der Waals surface area contributed by atoms with Crippen molar-refractivity contribution in [1.29, 1.82) is 0 Å². The number of halogens is 2. The molecule has 0 atom stereocenters. The molecule has 186 valence electrons. The number of carbonyl (C=O) groups is 1. The van der Waals surface area contributed by atoms with Gasteiger partial charge in [0.05, 0.1) is 54.7 Å². The van der Waals surface area contributed by atoms with Gasteiger partial charge in [-0.2, -0.15) is 10.2 Å². The third-order valence-corrected chi connectivity index (χ3v) is 6.19. The van der Waals surface area contributed by atoms with Crippen LogP contribution in [0.3, 0.4) is 0 Å². The van der Waals surface area contributed by atoms with Crippen LogP contribution in [0.4, 0.5) is 15.8 Å². The fraction of sp³-hybridized carbons (Fsp3) is 0.200. The molecule has 0 aliphatic heterocycles. The number of nitrogens with zero attached hydrogens (tertiary/aromatic N) is 4. The zero-order chi connectivity index (χ0) is 25.8. The van der Waals surface area contributed by atoms with Crippen molar-refractivity contribution in [3.8, 4) is 0 Å². The van der Waals surface area contributed by atoms with E-state index in [2.05, 4.69) is 20.8 Å². The zero-order valence-corrected chi connectivity index (χ0v) is 21.5. The van der Waals surface area contributed by atoms with E-state index in [1.165, 1.54) is 13.2 Å². The number of benzene rings is 2. The highest BCUT2D eigenvalue weighted by Crippen LogP contribution is 2.25. The molecule has 0 saturated carbocycles. The van der Waals surface area contributed by atoms with Gasteiger partial charge >= 0.3 is 5.97 Å². The van der Waals surface area contributed by atoms with Gasteiger partial charge in [-0.05, 0) is 49.8 Å². The molecule has 4 rings (SSSR count). The first-order valence-electron chi connectivity index (χ1n) is 11.0. The number of anilines is 2. The Morgan fingerprint density at radius 2 is 1.92 bits per heavy atom. The Hall–Kier alpha value is -3.76. The SMILES string of the molecule is COC(=O)c1ccccc1Cn1cc(NC(=S)Nc2c(C)nn(Cc3c(F)cccc3Cl)c2C)cn1. The summed E-state index contributed by atoms with van der Waals surface area (Å²) in [6.45, 7) is 4.29. The zero-order valence-electron chi connectivity index (χ0n) is 19.9. The molecular formula is C25H24ClFN6O2S. The lowest BCUT2D eigenvalue weighted by Gasteiger charge is -2.11. The lowest BCUT2D eigenvalue weighted by molar-refractivity contribution is 0.0599. The number of nitrogens with one attached hydrogen (secondary N) is 2. The van der Waals surface area contributed by atoms with Crippen molar-refractivity contribution in [2.24, 2.45) is 0 Å². The summed E-state index contributed by atoms with van der Waals surface area (Å²) >= 11 is 11.7. The Bertz CT molecular complexity index is 1410. The number of aryl methyl sites for hydroxylation is 1. The van der Waals surface area contributed by atoms with Crippen LogP contribution in [0.1, 0.15) is 32.9 Å². The molecular weight excluding hydrogens is 503 g/mol. The Morgan fingerprint density at radius 3 is 2.67 bits per heavy atom. The minimum Gasteiger partial charge on any atom is -0.465 e. The number of ether oxygens (including phenoxy) is 1.